The van der Waals surface area contributed by atoms with Crippen LogP contribution in [0.3, 0.4) is 0 Å². The molecule has 0 aromatic heterocycles. The van der Waals surface area contributed by atoms with Crippen LogP contribution in [0.1, 0.15) is 24.0 Å². The molecule has 0 heterocycles. The SMILES string of the molecule is COc1cc(C)c(/C=C/Br)cc1OCCCC(=O)O. The van der Waals surface area contributed by atoms with Gasteiger partial charge in [-0.3, -0.25) is 4.79 Å². The molecule has 0 bridgehead atoms. The molecule has 1 rings (SSSR count). The average molecular weight is 329 g/mol. The minimum atomic E-state index is -0.817. The minimum absolute atomic E-state index is 0.0995. The highest BCUT2D eigenvalue weighted by Crippen LogP contribution is 2.31. The van der Waals surface area contributed by atoms with E-state index in [4.69, 9.17) is 14.6 Å². The Hall–Kier alpha value is -1.49. The number of rotatable bonds is 7. The molecule has 0 atom stereocenters. The second-order valence-corrected chi connectivity index (χ2v) is 4.53. The standard InChI is InChI=1S/C14H17BrO4/c1-10-8-12(18-2)13(9-11(10)5-6-15)19-7-3-4-14(16)17/h5-6,8-9H,3-4,7H2,1-2H3,(H,16,17)/b6-5+. The van der Waals surface area contributed by atoms with E-state index >= 15 is 0 Å². The van der Waals surface area contributed by atoms with Gasteiger partial charge in [0.05, 0.1) is 13.7 Å². The number of methoxy groups -OCH3 is 1. The molecule has 0 fully saturated rings. The number of hydrogen-bond acceptors (Lipinski definition) is 3. The Labute approximate surface area is 121 Å². The van der Waals surface area contributed by atoms with Gasteiger partial charge in [0.15, 0.2) is 11.5 Å². The predicted octanol–water partition coefficient (Wildman–Crippen LogP) is 3.61. The summed E-state index contributed by atoms with van der Waals surface area (Å²) >= 11 is 3.24. The zero-order valence-corrected chi connectivity index (χ0v) is 12.6. The van der Waals surface area contributed by atoms with Gasteiger partial charge in [-0.2, -0.15) is 0 Å². The Morgan fingerprint density at radius 1 is 1.42 bits per heavy atom. The Morgan fingerprint density at radius 3 is 2.74 bits per heavy atom. The van der Waals surface area contributed by atoms with Crippen molar-refractivity contribution in [3.63, 3.8) is 0 Å². The molecule has 0 aliphatic rings. The lowest BCUT2D eigenvalue weighted by atomic mass is 10.1. The van der Waals surface area contributed by atoms with Crippen LogP contribution in [0.25, 0.3) is 6.08 Å². The summed E-state index contributed by atoms with van der Waals surface area (Å²) < 4.78 is 10.8. The number of carboxylic acids is 1. The summed E-state index contributed by atoms with van der Waals surface area (Å²) in [5.41, 5.74) is 2.09. The predicted molar refractivity (Wildman–Crippen MR) is 78.1 cm³/mol. The Morgan fingerprint density at radius 2 is 2.16 bits per heavy atom. The summed E-state index contributed by atoms with van der Waals surface area (Å²) in [7, 11) is 1.58. The van der Waals surface area contributed by atoms with Crippen LogP contribution in [0.2, 0.25) is 0 Å². The fraction of sp³-hybridized carbons (Fsp3) is 0.357. The van der Waals surface area contributed by atoms with Crippen molar-refractivity contribution in [3.05, 3.63) is 28.2 Å². The Kier molecular flexibility index (Phi) is 6.42. The highest BCUT2D eigenvalue weighted by Gasteiger charge is 2.08. The van der Waals surface area contributed by atoms with Crippen LogP contribution in [0.5, 0.6) is 11.5 Å². The molecule has 1 aromatic carbocycles. The van der Waals surface area contributed by atoms with E-state index in [1.165, 1.54) is 0 Å². The number of aryl methyl sites for hydroxylation is 1. The van der Waals surface area contributed by atoms with Crippen LogP contribution in [-0.4, -0.2) is 24.8 Å². The highest BCUT2D eigenvalue weighted by molar-refractivity contribution is 9.11. The molecule has 104 valence electrons. The molecule has 4 nitrogen and oxygen atoms in total. The van der Waals surface area contributed by atoms with Gasteiger partial charge in [-0.1, -0.05) is 15.9 Å². The highest BCUT2D eigenvalue weighted by atomic mass is 79.9. The van der Waals surface area contributed by atoms with Gasteiger partial charge in [-0.15, -0.1) is 0 Å². The van der Waals surface area contributed by atoms with Crippen molar-refractivity contribution in [1.82, 2.24) is 0 Å². The summed E-state index contributed by atoms with van der Waals surface area (Å²) in [6, 6.07) is 3.78. The van der Waals surface area contributed by atoms with E-state index in [2.05, 4.69) is 15.9 Å². The van der Waals surface area contributed by atoms with Gasteiger partial charge in [0.25, 0.3) is 0 Å². The fourth-order valence-electron chi connectivity index (χ4n) is 1.60. The summed E-state index contributed by atoms with van der Waals surface area (Å²) in [6.07, 6.45) is 2.48. The van der Waals surface area contributed by atoms with Crippen LogP contribution < -0.4 is 9.47 Å². The third-order valence-electron chi connectivity index (χ3n) is 2.59. The molecule has 1 N–H and O–H groups in total. The van der Waals surface area contributed by atoms with E-state index in [1.807, 2.05) is 25.1 Å². The largest absolute Gasteiger partial charge is 0.493 e. The molecule has 1 aromatic rings. The first-order chi connectivity index (χ1) is 9.08. The second-order valence-electron chi connectivity index (χ2n) is 4.00. The second kappa shape index (κ2) is 7.84. The topological polar surface area (TPSA) is 55.8 Å². The smallest absolute Gasteiger partial charge is 0.303 e. The summed E-state index contributed by atoms with van der Waals surface area (Å²) in [5.74, 6) is 0.459. The molecular formula is C14H17BrO4. The van der Waals surface area contributed by atoms with E-state index in [9.17, 15) is 4.79 Å². The lowest BCUT2D eigenvalue weighted by Crippen LogP contribution is -2.03. The van der Waals surface area contributed by atoms with Crippen molar-refractivity contribution in [3.8, 4) is 11.5 Å². The van der Waals surface area contributed by atoms with Crippen LogP contribution in [0.4, 0.5) is 0 Å². The lowest BCUT2D eigenvalue weighted by Gasteiger charge is -2.13. The first kappa shape index (κ1) is 15.6. The summed E-state index contributed by atoms with van der Waals surface area (Å²) in [4.78, 5) is 12.2. The summed E-state index contributed by atoms with van der Waals surface area (Å²) in [5, 5.41) is 8.57. The van der Waals surface area contributed by atoms with Gasteiger partial charge in [0.1, 0.15) is 0 Å². The molecule has 0 aliphatic carbocycles. The quantitative estimate of drug-likeness (QED) is 0.777. The van der Waals surface area contributed by atoms with E-state index in [0.717, 1.165) is 11.1 Å². The molecule has 0 saturated carbocycles. The van der Waals surface area contributed by atoms with Gasteiger partial charge in [0, 0.05) is 6.42 Å². The number of aliphatic carboxylic acids is 1. The molecule has 0 unspecified atom stereocenters. The van der Waals surface area contributed by atoms with E-state index in [0.29, 0.717) is 24.5 Å². The van der Waals surface area contributed by atoms with Gasteiger partial charge >= 0.3 is 5.97 Å². The molecule has 0 radical (unpaired) electrons. The van der Waals surface area contributed by atoms with Crippen molar-refractivity contribution >= 4 is 28.0 Å². The molecule has 0 aliphatic heterocycles. The van der Waals surface area contributed by atoms with E-state index in [1.54, 1.807) is 12.1 Å². The number of halogens is 1. The van der Waals surface area contributed by atoms with Crippen LogP contribution in [0.15, 0.2) is 17.1 Å². The average Bonchev–Trinajstić information content (AvgIpc) is 2.37. The third kappa shape index (κ3) is 4.95. The van der Waals surface area contributed by atoms with Gasteiger partial charge in [-0.25, -0.2) is 0 Å². The van der Waals surface area contributed by atoms with Crippen molar-refractivity contribution < 1.29 is 19.4 Å². The first-order valence-electron chi connectivity index (χ1n) is 5.88. The third-order valence-corrected chi connectivity index (χ3v) is 2.85. The maximum Gasteiger partial charge on any atom is 0.303 e. The molecule has 19 heavy (non-hydrogen) atoms. The fourth-order valence-corrected chi connectivity index (χ4v) is 1.89. The van der Waals surface area contributed by atoms with Crippen LogP contribution >= 0.6 is 15.9 Å². The van der Waals surface area contributed by atoms with Crippen molar-refractivity contribution in [2.45, 2.75) is 19.8 Å². The molecule has 0 spiro atoms. The zero-order valence-electron chi connectivity index (χ0n) is 11.0. The van der Waals surface area contributed by atoms with Gasteiger partial charge in [-0.05, 0) is 47.7 Å². The van der Waals surface area contributed by atoms with Crippen molar-refractivity contribution in [2.75, 3.05) is 13.7 Å². The van der Waals surface area contributed by atoms with Crippen LogP contribution in [-0.2, 0) is 4.79 Å². The molecule has 0 amide bonds. The molecule has 5 heteroatoms. The number of hydrogen-bond donors (Lipinski definition) is 1. The molecule has 0 saturated heterocycles. The maximum atomic E-state index is 10.4. The number of benzene rings is 1. The van der Waals surface area contributed by atoms with Gasteiger partial charge < -0.3 is 14.6 Å². The van der Waals surface area contributed by atoms with Gasteiger partial charge in [0.2, 0.25) is 0 Å². The molecular weight excluding hydrogens is 312 g/mol. The lowest BCUT2D eigenvalue weighted by molar-refractivity contribution is -0.137. The van der Waals surface area contributed by atoms with E-state index < -0.39 is 5.97 Å². The maximum absolute atomic E-state index is 10.4. The van der Waals surface area contributed by atoms with Crippen LogP contribution in [0, 0.1) is 6.92 Å². The number of carboxylic acid groups (broad SMARTS) is 1. The van der Waals surface area contributed by atoms with E-state index in [-0.39, 0.29) is 6.42 Å². The summed E-state index contributed by atoms with van der Waals surface area (Å²) in [6.45, 7) is 2.34. The monoisotopic (exact) mass is 328 g/mol. The van der Waals surface area contributed by atoms with Crippen molar-refractivity contribution in [1.29, 1.82) is 0 Å². The Bertz CT molecular complexity index is 469. The Balaban J connectivity index is 2.79. The minimum Gasteiger partial charge on any atom is -0.493 e. The number of carbonyl (C=O) groups is 1. The van der Waals surface area contributed by atoms with Crippen molar-refractivity contribution in [2.24, 2.45) is 0 Å². The zero-order chi connectivity index (χ0) is 14.3. The number of ether oxygens (including phenoxy) is 2. The normalized spacial score (nSPS) is 10.7. The first-order valence-corrected chi connectivity index (χ1v) is 6.80.